The molecule has 0 saturated carbocycles. The standard InChI is InChI=1S/C18H15ClN2O2S/c1-11-15-10-13(19)8-9-16(15)24-17(11)12(2)21-23-18(22)20-14-6-4-3-5-7-14/h3-10H,1-2H3,(H,20,22)/b21-12-. The zero-order valence-corrected chi connectivity index (χ0v) is 14.7. The fourth-order valence-electron chi connectivity index (χ4n) is 2.35. The van der Waals surface area contributed by atoms with Crippen LogP contribution in [0.25, 0.3) is 10.1 Å². The Bertz CT molecular complexity index is 919. The summed E-state index contributed by atoms with van der Waals surface area (Å²) >= 11 is 7.65. The van der Waals surface area contributed by atoms with Crippen LogP contribution in [0.5, 0.6) is 0 Å². The lowest BCUT2D eigenvalue weighted by molar-refractivity contribution is 0.166. The highest BCUT2D eigenvalue weighted by atomic mass is 35.5. The summed E-state index contributed by atoms with van der Waals surface area (Å²) in [7, 11) is 0. The molecule has 1 N–H and O–H groups in total. The highest BCUT2D eigenvalue weighted by molar-refractivity contribution is 7.21. The highest BCUT2D eigenvalue weighted by Crippen LogP contribution is 2.33. The molecule has 24 heavy (non-hydrogen) atoms. The predicted octanol–water partition coefficient (Wildman–Crippen LogP) is 5.84. The fraction of sp³-hybridized carbons (Fsp3) is 0.111. The first kappa shape index (κ1) is 16.5. The molecule has 0 unspecified atom stereocenters. The first-order chi connectivity index (χ1) is 11.5. The van der Waals surface area contributed by atoms with Gasteiger partial charge in [0.1, 0.15) is 0 Å². The topological polar surface area (TPSA) is 50.7 Å². The van der Waals surface area contributed by atoms with Crippen molar-refractivity contribution in [2.24, 2.45) is 5.16 Å². The smallest absolute Gasteiger partial charge is 0.297 e. The van der Waals surface area contributed by atoms with E-state index in [4.69, 9.17) is 16.4 Å². The van der Waals surface area contributed by atoms with E-state index in [1.807, 2.05) is 50.2 Å². The van der Waals surface area contributed by atoms with E-state index in [2.05, 4.69) is 10.5 Å². The second-order valence-electron chi connectivity index (χ2n) is 5.24. The summed E-state index contributed by atoms with van der Waals surface area (Å²) in [4.78, 5) is 17.7. The van der Waals surface area contributed by atoms with Gasteiger partial charge in [0.05, 0.1) is 10.6 Å². The van der Waals surface area contributed by atoms with Crippen molar-refractivity contribution in [1.29, 1.82) is 0 Å². The van der Waals surface area contributed by atoms with Crippen LogP contribution in [-0.4, -0.2) is 11.8 Å². The van der Waals surface area contributed by atoms with Crippen LogP contribution in [0, 0.1) is 6.92 Å². The van der Waals surface area contributed by atoms with Gasteiger partial charge in [-0.1, -0.05) is 35.0 Å². The van der Waals surface area contributed by atoms with Crippen molar-refractivity contribution < 1.29 is 9.63 Å². The van der Waals surface area contributed by atoms with Gasteiger partial charge >= 0.3 is 6.09 Å². The van der Waals surface area contributed by atoms with Gasteiger partial charge in [-0.3, -0.25) is 10.2 Å². The summed E-state index contributed by atoms with van der Waals surface area (Å²) in [5, 5.41) is 8.35. The number of fused-ring (bicyclic) bond motifs is 1. The number of thiophene rings is 1. The molecule has 0 fully saturated rings. The number of carbonyl (C=O) groups excluding carboxylic acids is 1. The van der Waals surface area contributed by atoms with Gasteiger partial charge < -0.3 is 0 Å². The second-order valence-corrected chi connectivity index (χ2v) is 6.73. The number of aryl methyl sites for hydroxylation is 1. The van der Waals surface area contributed by atoms with Crippen LogP contribution in [-0.2, 0) is 4.84 Å². The predicted molar refractivity (Wildman–Crippen MR) is 100 cm³/mol. The molecule has 1 heterocycles. The van der Waals surface area contributed by atoms with Crippen LogP contribution >= 0.6 is 22.9 Å². The molecule has 2 aromatic carbocycles. The number of hydrogen-bond donors (Lipinski definition) is 1. The number of oxime groups is 1. The molecule has 0 aliphatic carbocycles. The van der Waals surface area contributed by atoms with E-state index in [0.717, 1.165) is 20.5 Å². The molecule has 122 valence electrons. The molecule has 0 bridgehead atoms. The number of halogens is 1. The minimum Gasteiger partial charge on any atom is -0.297 e. The van der Waals surface area contributed by atoms with Crippen LogP contribution in [0.1, 0.15) is 17.4 Å². The van der Waals surface area contributed by atoms with E-state index < -0.39 is 6.09 Å². The number of nitrogens with zero attached hydrogens (tertiary/aromatic N) is 1. The maximum Gasteiger partial charge on any atom is 0.437 e. The number of rotatable bonds is 3. The van der Waals surface area contributed by atoms with E-state index in [-0.39, 0.29) is 0 Å². The molecule has 0 aliphatic heterocycles. The van der Waals surface area contributed by atoms with E-state index in [9.17, 15) is 4.79 Å². The minimum atomic E-state index is -0.623. The van der Waals surface area contributed by atoms with Crippen LogP contribution in [0.2, 0.25) is 5.02 Å². The third-order valence-electron chi connectivity index (χ3n) is 3.51. The monoisotopic (exact) mass is 358 g/mol. The SMILES string of the molecule is C/C(=N/OC(=O)Nc1ccccc1)c1sc2ccc(Cl)cc2c1C. The molecule has 4 nitrogen and oxygen atoms in total. The number of nitrogens with one attached hydrogen (secondary N) is 1. The van der Waals surface area contributed by atoms with Crippen molar-refractivity contribution in [1.82, 2.24) is 0 Å². The Hall–Kier alpha value is -2.37. The van der Waals surface area contributed by atoms with Crippen LogP contribution < -0.4 is 5.32 Å². The quantitative estimate of drug-likeness (QED) is 0.363. The van der Waals surface area contributed by atoms with Gasteiger partial charge in [-0.25, -0.2) is 4.79 Å². The van der Waals surface area contributed by atoms with E-state index in [1.165, 1.54) is 0 Å². The summed E-state index contributed by atoms with van der Waals surface area (Å²) < 4.78 is 1.12. The lowest BCUT2D eigenvalue weighted by atomic mass is 10.1. The summed E-state index contributed by atoms with van der Waals surface area (Å²) in [5.41, 5.74) is 2.38. The number of hydrogen-bond acceptors (Lipinski definition) is 4. The normalized spacial score (nSPS) is 11.5. The highest BCUT2D eigenvalue weighted by Gasteiger charge is 2.12. The number of anilines is 1. The fourth-order valence-corrected chi connectivity index (χ4v) is 3.65. The first-order valence-electron chi connectivity index (χ1n) is 7.31. The van der Waals surface area contributed by atoms with Crippen molar-refractivity contribution in [2.75, 3.05) is 5.32 Å². The zero-order valence-electron chi connectivity index (χ0n) is 13.2. The number of carbonyl (C=O) groups is 1. The molecule has 1 aromatic heterocycles. The molecule has 3 aromatic rings. The van der Waals surface area contributed by atoms with Crippen LogP contribution in [0.4, 0.5) is 10.5 Å². The Morgan fingerprint density at radius 1 is 1.21 bits per heavy atom. The lowest BCUT2D eigenvalue weighted by Crippen LogP contribution is -2.11. The number of benzene rings is 2. The molecule has 0 radical (unpaired) electrons. The van der Waals surface area contributed by atoms with Crippen molar-refractivity contribution in [3.8, 4) is 0 Å². The van der Waals surface area contributed by atoms with Gasteiger partial charge in [0.25, 0.3) is 0 Å². The largest absolute Gasteiger partial charge is 0.437 e. The Kier molecular flexibility index (Phi) is 4.83. The minimum absolute atomic E-state index is 0.623. The van der Waals surface area contributed by atoms with Crippen molar-refractivity contribution in [3.05, 3.63) is 64.0 Å². The second kappa shape index (κ2) is 7.03. The number of para-hydroxylation sites is 1. The molecule has 6 heteroatoms. The molecule has 0 atom stereocenters. The third-order valence-corrected chi connectivity index (χ3v) is 5.13. The van der Waals surface area contributed by atoms with Crippen LogP contribution in [0.3, 0.4) is 0 Å². The molecular formula is C18H15ClN2O2S. The van der Waals surface area contributed by atoms with Gasteiger partial charge in [-0.2, -0.15) is 0 Å². The molecule has 0 spiro atoms. The molecule has 0 aliphatic rings. The van der Waals surface area contributed by atoms with Crippen molar-refractivity contribution >= 4 is 50.5 Å². The molecule has 3 rings (SSSR count). The average Bonchev–Trinajstić information content (AvgIpc) is 2.90. The zero-order chi connectivity index (χ0) is 17.1. The maximum absolute atomic E-state index is 11.8. The van der Waals surface area contributed by atoms with Crippen LogP contribution in [0.15, 0.2) is 53.7 Å². The Morgan fingerprint density at radius 2 is 1.96 bits per heavy atom. The van der Waals surface area contributed by atoms with Crippen molar-refractivity contribution in [2.45, 2.75) is 13.8 Å². The summed E-state index contributed by atoms with van der Waals surface area (Å²) in [5.74, 6) is 0. The van der Waals surface area contributed by atoms with E-state index in [1.54, 1.807) is 23.5 Å². The van der Waals surface area contributed by atoms with Gasteiger partial charge in [0, 0.05) is 15.4 Å². The van der Waals surface area contributed by atoms with Gasteiger partial charge in [-0.15, -0.1) is 11.3 Å². The molecule has 1 amide bonds. The van der Waals surface area contributed by atoms with Gasteiger partial charge in [-0.05, 0) is 55.1 Å². The maximum atomic E-state index is 11.8. The molecule has 0 saturated heterocycles. The molecular weight excluding hydrogens is 344 g/mol. The summed E-state index contributed by atoms with van der Waals surface area (Å²) in [6.45, 7) is 3.82. The average molecular weight is 359 g/mol. The van der Waals surface area contributed by atoms with Gasteiger partial charge in [0.2, 0.25) is 0 Å². The summed E-state index contributed by atoms with van der Waals surface area (Å²) in [6.07, 6.45) is -0.623. The Balaban J connectivity index is 1.76. The Labute approximate surface area is 148 Å². The van der Waals surface area contributed by atoms with E-state index >= 15 is 0 Å². The summed E-state index contributed by atoms with van der Waals surface area (Å²) in [6, 6.07) is 14.9. The first-order valence-corrected chi connectivity index (χ1v) is 8.50. The lowest BCUT2D eigenvalue weighted by Gasteiger charge is -2.03. The third kappa shape index (κ3) is 3.58. The van der Waals surface area contributed by atoms with Crippen molar-refractivity contribution in [3.63, 3.8) is 0 Å². The van der Waals surface area contributed by atoms with E-state index in [0.29, 0.717) is 16.4 Å². The Morgan fingerprint density at radius 3 is 2.71 bits per heavy atom. The van der Waals surface area contributed by atoms with Gasteiger partial charge in [0.15, 0.2) is 0 Å². The number of amides is 1.